The van der Waals surface area contributed by atoms with E-state index in [0.29, 0.717) is 40.7 Å². The number of allylic oxidation sites excluding steroid dienone is 2. The fourth-order valence-electron chi connectivity index (χ4n) is 5.51. The lowest BCUT2D eigenvalue weighted by molar-refractivity contribution is -0.112. The Kier molecular flexibility index (Phi) is 9.71. The summed E-state index contributed by atoms with van der Waals surface area (Å²) in [6.45, 7) is 13.1. The van der Waals surface area contributed by atoms with Crippen LogP contribution in [0.1, 0.15) is 50.0 Å². The van der Waals surface area contributed by atoms with Gasteiger partial charge >= 0.3 is 0 Å². The van der Waals surface area contributed by atoms with Gasteiger partial charge in [0.05, 0.1) is 31.7 Å². The molecule has 0 spiro atoms. The van der Waals surface area contributed by atoms with Gasteiger partial charge in [-0.3, -0.25) is 14.5 Å². The van der Waals surface area contributed by atoms with Crippen molar-refractivity contribution in [3.8, 4) is 11.5 Å². The van der Waals surface area contributed by atoms with Gasteiger partial charge in [-0.2, -0.15) is 0 Å². The number of Topliss-reactive ketones (excluding diaryl/α,β-unsaturated/α-hetero) is 1. The van der Waals surface area contributed by atoms with Crippen molar-refractivity contribution in [3.05, 3.63) is 84.2 Å². The summed E-state index contributed by atoms with van der Waals surface area (Å²) in [6.07, 6.45) is 9.34. The summed E-state index contributed by atoms with van der Waals surface area (Å²) < 4.78 is 17.4. The van der Waals surface area contributed by atoms with E-state index in [0.717, 1.165) is 55.9 Å². The number of benzene rings is 3. The van der Waals surface area contributed by atoms with E-state index in [1.807, 2.05) is 47.6 Å². The van der Waals surface area contributed by atoms with Gasteiger partial charge in [0.25, 0.3) is 11.7 Å². The van der Waals surface area contributed by atoms with Gasteiger partial charge in [0.15, 0.2) is 5.75 Å². The van der Waals surface area contributed by atoms with Crippen LogP contribution < -0.4 is 19.7 Å². The minimum absolute atomic E-state index is 0.215. The molecule has 2 heterocycles. The first kappa shape index (κ1) is 31.3. The molecule has 8 nitrogen and oxygen atoms in total. The molecule has 0 aromatic heterocycles. The van der Waals surface area contributed by atoms with Gasteiger partial charge in [-0.25, -0.2) is 0 Å². The first-order valence-corrected chi connectivity index (χ1v) is 15.4. The van der Waals surface area contributed by atoms with Crippen molar-refractivity contribution in [1.29, 1.82) is 0 Å². The molecule has 1 saturated heterocycles. The molecule has 5 rings (SSSR count). The Hall–Kier alpha value is -4.14. The van der Waals surface area contributed by atoms with E-state index in [1.54, 1.807) is 19.2 Å². The first-order valence-electron chi connectivity index (χ1n) is 15.4. The Morgan fingerprint density at radius 3 is 2.36 bits per heavy atom. The standard InChI is InChI=1S/C36H43N3O5/c1-6-25-13-15-39(16-14-25)31-24-26(36(2,3)4)23-30(34(31)42-5)37-35(41)33(40)29-11-12-32(28-10-8-7-9-27(28)29)44-22-19-38-17-20-43-21-18-38/h7-16,23-25H,6,17-22H2,1-5H3,(H,37,41). The molecule has 0 saturated carbocycles. The highest BCUT2D eigenvalue weighted by atomic mass is 16.5. The smallest absolute Gasteiger partial charge is 0.296 e. The summed E-state index contributed by atoms with van der Waals surface area (Å²) in [5.41, 5.74) is 2.33. The van der Waals surface area contributed by atoms with Crippen molar-refractivity contribution < 1.29 is 23.8 Å². The quantitative estimate of drug-likeness (QED) is 0.210. The fourth-order valence-corrected chi connectivity index (χ4v) is 5.51. The lowest BCUT2D eigenvalue weighted by atomic mass is 9.86. The molecule has 0 bridgehead atoms. The number of nitrogens with zero attached hydrogens (tertiary/aromatic N) is 2. The highest BCUT2D eigenvalue weighted by molar-refractivity contribution is 6.48. The summed E-state index contributed by atoms with van der Waals surface area (Å²) in [5.74, 6) is 0.174. The number of fused-ring (bicyclic) bond motifs is 1. The number of morpholine rings is 1. The molecule has 8 heteroatoms. The third-order valence-corrected chi connectivity index (χ3v) is 8.23. The maximum absolute atomic E-state index is 13.7. The Morgan fingerprint density at radius 1 is 1.00 bits per heavy atom. The second-order valence-electron chi connectivity index (χ2n) is 12.2. The number of rotatable bonds is 10. The Balaban J connectivity index is 1.41. The molecule has 1 N–H and O–H groups in total. The van der Waals surface area contributed by atoms with Gasteiger partial charge in [0.2, 0.25) is 0 Å². The van der Waals surface area contributed by atoms with E-state index >= 15 is 0 Å². The van der Waals surface area contributed by atoms with Crippen LogP contribution in [0.5, 0.6) is 11.5 Å². The van der Waals surface area contributed by atoms with Crippen LogP contribution in [-0.2, 0) is 14.9 Å². The van der Waals surface area contributed by atoms with Crippen LogP contribution >= 0.6 is 0 Å². The molecular weight excluding hydrogens is 554 g/mol. The summed E-state index contributed by atoms with van der Waals surface area (Å²) in [6, 6.07) is 14.9. The topological polar surface area (TPSA) is 80.3 Å². The van der Waals surface area contributed by atoms with Crippen molar-refractivity contribution >= 4 is 33.8 Å². The van der Waals surface area contributed by atoms with E-state index in [9.17, 15) is 9.59 Å². The number of nitrogens with one attached hydrogen (secondary N) is 1. The van der Waals surface area contributed by atoms with Gasteiger partial charge in [-0.15, -0.1) is 0 Å². The number of carbonyl (C=O) groups is 2. The highest BCUT2D eigenvalue weighted by Crippen LogP contribution is 2.42. The Morgan fingerprint density at radius 2 is 1.70 bits per heavy atom. The molecular formula is C36H43N3O5. The lowest BCUT2D eigenvalue weighted by Crippen LogP contribution is -2.38. The van der Waals surface area contributed by atoms with Crippen molar-refractivity contribution in [1.82, 2.24) is 4.90 Å². The minimum atomic E-state index is -0.734. The Bertz CT molecular complexity index is 1550. The SMILES string of the molecule is CCC1C=CN(c2cc(C(C)(C)C)cc(NC(=O)C(=O)c3ccc(OCCN4CCOCC4)c4ccccc34)c2OC)C=C1. The lowest BCUT2D eigenvalue weighted by Gasteiger charge is -2.28. The number of anilines is 2. The summed E-state index contributed by atoms with van der Waals surface area (Å²) in [4.78, 5) is 31.6. The number of hydrogen-bond donors (Lipinski definition) is 1. The molecule has 0 radical (unpaired) electrons. The van der Waals surface area contributed by atoms with Crippen molar-refractivity contribution in [2.45, 2.75) is 39.5 Å². The van der Waals surface area contributed by atoms with Gasteiger partial charge < -0.3 is 24.4 Å². The van der Waals surface area contributed by atoms with E-state index in [-0.39, 0.29) is 5.41 Å². The van der Waals surface area contributed by atoms with Crippen LogP contribution in [-0.4, -0.2) is 63.2 Å². The zero-order valence-electron chi connectivity index (χ0n) is 26.4. The second kappa shape index (κ2) is 13.7. The third kappa shape index (κ3) is 6.98. The molecule has 0 unspecified atom stereocenters. The van der Waals surface area contributed by atoms with E-state index in [4.69, 9.17) is 14.2 Å². The van der Waals surface area contributed by atoms with Crippen LogP contribution in [0.3, 0.4) is 0 Å². The van der Waals surface area contributed by atoms with Gasteiger partial charge in [0, 0.05) is 43.0 Å². The molecule has 2 aliphatic rings. The molecule has 44 heavy (non-hydrogen) atoms. The van der Waals surface area contributed by atoms with Crippen molar-refractivity contribution in [3.63, 3.8) is 0 Å². The number of carbonyl (C=O) groups excluding carboxylic acids is 2. The van der Waals surface area contributed by atoms with Crippen molar-refractivity contribution in [2.75, 3.05) is 56.8 Å². The number of ketones is 1. The molecule has 0 atom stereocenters. The molecule has 232 valence electrons. The largest absolute Gasteiger partial charge is 0.492 e. The molecule has 1 fully saturated rings. The number of ether oxygens (including phenoxy) is 3. The maximum atomic E-state index is 13.7. The van der Waals surface area contributed by atoms with E-state index in [1.165, 1.54) is 0 Å². The first-order chi connectivity index (χ1) is 21.2. The fraction of sp³-hybridized carbons (Fsp3) is 0.389. The summed E-state index contributed by atoms with van der Waals surface area (Å²) in [7, 11) is 1.57. The van der Waals surface area contributed by atoms with Crippen LogP contribution in [0.15, 0.2) is 73.1 Å². The molecule has 3 aromatic carbocycles. The number of methoxy groups -OCH3 is 1. The van der Waals surface area contributed by atoms with Crippen molar-refractivity contribution in [2.24, 2.45) is 5.92 Å². The minimum Gasteiger partial charge on any atom is -0.492 e. The molecule has 0 aliphatic carbocycles. The zero-order chi connectivity index (χ0) is 31.3. The zero-order valence-corrected chi connectivity index (χ0v) is 26.4. The Labute approximate surface area is 260 Å². The van der Waals surface area contributed by atoms with Crippen LogP contribution in [0.2, 0.25) is 0 Å². The van der Waals surface area contributed by atoms with Gasteiger partial charge in [0.1, 0.15) is 12.4 Å². The number of hydrogen-bond acceptors (Lipinski definition) is 7. The normalized spacial score (nSPS) is 15.9. The number of amides is 1. The highest BCUT2D eigenvalue weighted by Gasteiger charge is 2.26. The van der Waals surface area contributed by atoms with Crippen LogP contribution in [0.4, 0.5) is 11.4 Å². The predicted molar refractivity (Wildman–Crippen MR) is 176 cm³/mol. The molecule has 2 aliphatic heterocycles. The average molecular weight is 598 g/mol. The monoisotopic (exact) mass is 597 g/mol. The summed E-state index contributed by atoms with van der Waals surface area (Å²) >= 11 is 0. The maximum Gasteiger partial charge on any atom is 0.296 e. The van der Waals surface area contributed by atoms with E-state index in [2.05, 4.69) is 56.1 Å². The predicted octanol–water partition coefficient (Wildman–Crippen LogP) is 6.55. The third-order valence-electron chi connectivity index (χ3n) is 8.23. The van der Waals surface area contributed by atoms with E-state index < -0.39 is 11.7 Å². The second-order valence-corrected chi connectivity index (χ2v) is 12.2. The summed E-state index contributed by atoms with van der Waals surface area (Å²) in [5, 5.41) is 4.34. The van der Waals surface area contributed by atoms with Crippen LogP contribution in [0, 0.1) is 5.92 Å². The van der Waals surface area contributed by atoms with Gasteiger partial charge in [-0.05, 0) is 53.0 Å². The average Bonchev–Trinajstić information content (AvgIpc) is 3.04. The van der Waals surface area contributed by atoms with Crippen LogP contribution in [0.25, 0.3) is 10.8 Å². The van der Waals surface area contributed by atoms with Gasteiger partial charge in [-0.1, -0.05) is 64.1 Å². The molecule has 3 aromatic rings. The molecule has 1 amide bonds.